The van der Waals surface area contributed by atoms with E-state index in [9.17, 15) is 4.79 Å². The van der Waals surface area contributed by atoms with Crippen LogP contribution in [-0.2, 0) is 6.42 Å². The number of Topliss-reactive ketones (excluding diaryl/α,β-unsaturated/α-hetero) is 1. The maximum Gasteiger partial charge on any atom is 0.198 e. The lowest BCUT2D eigenvalue weighted by molar-refractivity contribution is 0.0942. The molecule has 1 heterocycles. The second kappa shape index (κ2) is 3.88. The zero-order chi connectivity index (χ0) is 11.8. The van der Waals surface area contributed by atoms with E-state index in [-0.39, 0.29) is 5.78 Å². The van der Waals surface area contributed by atoms with E-state index in [1.807, 2.05) is 25.1 Å². The van der Waals surface area contributed by atoms with Crippen LogP contribution in [0.4, 0.5) is 0 Å². The van der Waals surface area contributed by atoms with Crippen LogP contribution in [0.2, 0.25) is 0 Å². The average molecular weight is 226 g/mol. The lowest BCUT2D eigenvalue weighted by Crippen LogP contribution is -2.19. The minimum absolute atomic E-state index is 0.109. The largest absolute Gasteiger partial charge is 0.458 e. The monoisotopic (exact) mass is 226 g/mol. The summed E-state index contributed by atoms with van der Waals surface area (Å²) in [6, 6.07) is 11.9. The number of carbonyl (C=O) groups is 1. The predicted molar refractivity (Wildman–Crippen MR) is 65.3 cm³/mol. The summed E-state index contributed by atoms with van der Waals surface area (Å²) >= 11 is 0. The third-order valence-corrected chi connectivity index (χ3v) is 3.41. The van der Waals surface area contributed by atoms with Gasteiger partial charge in [0.25, 0.3) is 0 Å². The van der Waals surface area contributed by atoms with Crippen molar-refractivity contribution in [3.05, 3.63) is 59.0 Å². The molecule has 0 spiro atoms. The van der Waals surface area contributed by atoms with Crippen molar-refractivity contribution in [1.29, 1.82) is 0 Å². The summed E-state index contributed by atoms with van der Waals surface area (Å²) in [5.41, 5.74) is 2.70. The third-order valence-electron chi connectivity index (χ3n) is 3.41. The van der Waals surface area contributed by atoms with E-state index in [4.69, 9.17) is 4.42 Å². The van der Waals surface area contributed by atoms with Gasteiger partial charge in [-0.25, -0.2) is 0 Å². The van der Waals surface area contributed by atoms with Crippen molar-refractivity contribution in [1.82, 2.24) is 0 Å². The molecule has 0 saturated carbocycles. The first-order chi connectivity index (χ1) is 8.24. The quantitative estimate of drug-likeness (QED) is 0.750. The number of fused-ring (bicyclic) bond motifs is 1. The Morgan fingerprint density at radius 3 is 2.82 bits per heavy atom. The number of benzene rings is 1. The normalized spacial score (nSPS) is 17.4. The molecule has 0 saturated heterocycles. The van der Waals surface area contributed by atoms with Gasteiger partial charge in [0.15, 0.2) is 11.5 Å². The molecule has 2 nitrogen and oxygen atoms in total. The first-order valence-corrected chi connectivity index (χ1v) is 5.91. The van der Waals surface area contributed by atoms with E-state index >= 15 is 0 Å². The summed E-state index contributed by atoms with van der Waals surface area (Å²) in [5, 5.41) is 0. The molecular formula is C15H14O2. The zero-order valence-corrected chi connectivity index (χ0v) is 9.77. The number of carbonyl (C=O) groups excluding carboxylic acids is 1. The minimum Gasteiger partial charge on any atom is -0.458 e. The second-order valence-electron chi connectivity index (χ2n) is 4.64. The van der Waals surface area contributed by atoms with Gasteiger partial charge >= 0.3 is 0 Å². The zero-order valence-electron chi connectivity index (χ0n) is 9.77. The van der Waals surface area contributed by atoms with E-state index in [0.717, 1.165) is 12.2 Å². The Bertz CT molecular complexity index is 566. The highest BCUT2D eigenvalue weighted by atomic mass is 16.3. The second-order valence-corrected chi connectivity index (χ2v) is 4.64. The van der Waals surface area contributed by atoms with E-state index in [1.165, 1.54) is 11.1 Å². The van der Waals surface area contributed by atoms with Crippen LogP contribution in [0, 0.1) is 6.92 Å². The molecule has 0 bridgehead atoms. The maximum absolute atomic E-state index is 12.0. The Labute approximate surface area is 100 Å². The maximum atomic E-state index is 12.0. The van der Waals surface area contributed by atoms with Crippen LogP contribution in [0.1, 0.15) is 39.8 Å². The van der Waals surface area contributed by atoms with Crippen LogP contribution in [0.3, 0.4) is 0 Å². The number of furan rings is 1. The van der Waals surface area contributed by atoms with Crippen LogP contribution in [0.15, 0.2) is 40.8 Å². The first kappa shape index (κ1) is 10.3. The Morgan fingerprint density at radius 1 is 1.29 bits per heavy atom. The summed E-state index contributed by atoms with van der Waals surface area (Å²) in [6.07, 6.45) is 1.57. The van der Waals surface area contributed by atoms with Crippen LogP contribution in [0.5, 0.6) is 0 Å². The topological polar surface area (TPSA) is 30.2 Å². The van der Waals surface area contributed by atoms with Gasteiger partial charge in [0.2, 0.25) is 0 Å². The SMILES string of the molecule is Cc1ccc(C(=O)CC2Cc3ccccc32)o1. The minimum atomic E-state index is 0.109. The van der Waals surface area contributed by atoms with Crippen molar-refractivity contribution in [3.8, 4) is 0 Å². The molecule has 1 aliphatic rings. The molecule has 0 amide bonds. The van der Waals surface area contributed by atoms with Crippen molar-refractivity contribution in [2.45, 2.75) is 25.7 Å². The molecule has 86 valence electrons. The predicted octanol–water partition coefficient (Wildman–Crippen LogP) is 3.50. The molecular weight excluding hydrogens is 212 g/mol. The number of hydrogen-bond acceptors (Lipinski definition) is 2. The van der Waals surface area contributed by atoms with Gasteiger partial charge < -0.3 is 4.42 Å². The summed E-state index contributed by atoms with van der Waals surface area (Å²) in [5.74, 6) is 1.77. The number of hydrogen-bond donors (Lipinski definition) is 0. The van der Waals surface area contributed by atoms with Gasteiger partial charge in [-0.05, 0) is 42.5 Å². The van der Waals surface area contributed by atoms with Gasteiger partial charge in [-0.2, -0.15) is 0 Å². The van der Waals surface area contributed by atoms with Crippen molar-refractivity contribution >= 4 is 5.78 Å². The summed E-state index contributed by atoms with van der Waals surface area (Å²) in [7, 11) is 0. The standard InChI is InChI=1S/C15H14O2/c1-10-6-7-15(17-10)14(16)9-12-8-11-4-2-3-5-13(11)12/h2-7,12H,8-9H2,1H3. The summed E-state index contributed by atoms with van der Waals surface area (Å²) in [4.78, 5) is 12.0. The van der Waals surface area contributed by atoms with Gasteiger partial charge in [0.1, 0.15) is 5.76 Å². The fraction of sp³-hybridized carbons (Fsp3) is 0.267. The molecule has 3 rings (SSSR count). The molecule has 1 unspecified atom stereocenters. The number of ketones is 1. The van der Waals surface area contributed by atoms with Crippen LogP contribution in [0.25, 0.3) is 0 Å². The molecule has 2 aromatic rings. The van der Waals surface area contributed by atoms with Crippen molar-refractivity contribution < 1.29 is 9.21 Å². The first-order valence-electron chi connectivity index (χ1n) is 5.91. The van der Waals surface area contributed by atoms with E-state index in [0.29, 0.717) is 18.1 Å². The van der Waals surface area contributed by atoms with Gasteiger partial charge in [0.05, 0.1) is 0 Å². The number of aryl methyl sites for hydroxylation is 1. The molecule has 1 aliphatic carbocycles. The van der Waals surface area contributed by atoms with Gasteiger partial charge in [0, 0.05) is 6.42 Å². The molecule has 1 aromatic heterocycles. The highest BCUT2D eigenvalue weighted by molar-refractivity contribution is 5.94. The molecule has 2 heteroatoms. The van der Waals surface area contributed by atoms with E-state index < -0.39 is 0 Å². The highest BCUT2D eigenvalue weighted by Crippen LogP contribution is 2.37. The number of rotatable bonds is 3. The Balaban J connectivity index is 1.72. The van der Waals surface area contributed by atoms with E-state index in [2.05, 4.69) is 12.1 Å². The molecule has 0 aliphatic heterocycles. The molecule has 1 atom stereocenters. The lowest BCUT2D eigenvalue weighted by atomic mass is 9.75. The molecule has 0 fully saturated rings. The average Bonchev–Trinajstić information content (AvgIpc) is 2.73. The lowest BCUT2D eigenvalue weighted by Gasteiger charge is -2.29. The van der Waals surface area contributed by atoms with Crippen molar-refractivity contribution in [3.63, 3.8) is 0 Å². The summed E-state index contributed by atoms with van der Waals surface area (Å²) < 4.78 is 5.35. The summed E-state index contributed by atoms with van der Waals surface area (Å²) in [6.45, 7) is 1.86. The van der Waals surface area contributed by atoms with Gasteiger partial charge in [-0.1, -0.05) is 24.3 Å². The fourth-order valence-corrected chi connectivity index (χ4v) is 2.45. The molecule has 17 heavy (non-hydrogen) atoms. The van der Waals surface area contributed by atoms with Gasteiger partial charge in [-0.15, -0.1) is 0 Å². The Kier molecular flexibility index (Phi) is 2.36. The van der Waals surface area contributed by atoms with Crippen molar-refractivity contribution in [2.75, 3.05) is 0 Å². The van der Waals surface area contributed by atoms with Crippen molar-refractivity contribution in [2.24, 2.45) is 0 Å². The smallest absolute Gasteiger partial charge is 0.198 e. The third kappa shape index (κ3) is 1.80. The van der Waals surface area contributed by atoms with E-state index in [1.54, 1.807) is 6.07 Å². The van der Waals surface area contributed by atoms with Crippen LogP contribution in [-0.4, -0.2) is 5.78 Å². The molecule has 1 aromatic carbocycles. The fourth-order valence-electron chi connectivity index (χ4n) is 2.45. The Morgan fingerprint density at radius 2 is 2.12 bits per heavy atom. The highest BCUT2D eigenvalue weighted by Gasteiger charge is 2.28. The van der Waals surface area contributed by atoms with Crippen LogP contribution >= 0.6 is 0 Å². The Hall–Kier alpha value is -1.83. The molecule has 0 N–H and O–H groups in total. The van der Waals surface area contributed by atoms with Crippen LogP contribution < -0.4 is 0 Å². The molecule has 0 radical (unpaired) electrons. The van der Waals surface area contributed by atoms with Gasteiger partial charge in [-0.3, -0.25) is 4.79 Å².